The fraction of sp³-hybridized carbons (Fsp3) is 0.350. The topological polar surface area (TPSA) is 75.3 Å². The standard InChI is InChI=1S/C20H23FN2O3S/c21-16-10-12-17(13-11-16)27(25,26)22-14-4-9-20(24)23-19-8-3-6-15-5-1-2-7-18(15)19/h1-2,5,7,10-13,19,22H,3-4,6,8-9,14H2,(H,23,24)/t19-/m1/s1. The van der Waals surface area contributed by atoms with E-state index in [4.69, 9.17) is 0 Å². The number of hydrogen-bond donors (Lipinski definition) is 2. The molecule has 7 heteroatoms. The fourth-order valence-corrected chi connectivity index (χ4v) is 4.40. The number of halogens is 1. The molecule has 1 aliphatic rings. The van der Waals surface area contributed by atoms with E-state index >= 15 is 0 Å². The molecule has 0 saturated carbocycles. The summed E-state index contributed by atoms with van der Waals surface area (Å²) in [6.45, 7) is 0.147. The molecule has 2 N–H and O–H groups in total. The Morgan fingerprint density at radius 2 is 1.85 bits per heavy atom. The minimum Gasteiger partial charge on any atom is -0.349 e. The molecule has 0 radical (unpaired) electrons. The van der Waals surface area contributed by atoms with E-state index in [-0.39, 0.29) is 29.8 Å². The summed E-state index contributed by atoms with van der Waals surface area (Å²) in [5, 5.41) is 3.05. The van der Waals surface area contributed by atoms with Gasteiger partial charge in [-0.05, 0) is 61.1 Å². The van der Waals surface area contributed by atoms with Crippen LogP contribution in [0.1, 0.15) is 42.9 Å². The molecule has 0 bridgehead atoms. The van der Waals surface area contributed by atoms with Gasteiger partial charge in [0, 0.05) is 13.0 Å². The van der Waals surface area contributed by atoms with E-state index in [2.05, 4.69) is 22.2 Å². The summed E-state index contributed by atoms with van der Waals surface area (Å²) in [6.07, 6.45) is 3.62. The first-order valence-electron chi connectivity index (χ1n) is 9.08. The van der Waals surface area contributed by atoms with Gasteiger partial charge in [0.15, 0.2) is 0 Å². The van der Waals surface area contributed by atoms with Gasteiger partial charge < -0.3 is 5.32 Å². The molecule has 1 atom stereocenters. The number of aryl methyl sites for hydroxylation is 1. The third-order valence-corrected chi connectivity index (χ3v) is 6.18. The molecular formula is C20H23FN2O3S. The summed E-state index contributed by atoms with van der Waals surface area (Å²) in [4.78, 5) is 12.2. The number of carbonyl (C=O) groups excluding carboxylic acids is 1. The quantitative estimate of drug-likeness (QED) is 0.714. The van der Waals surface area contributed by atoms with E-state index in [1.54, 1.807) is 0 Å². The van der Waals surface area contributed by atoms with Crippen molar-refractivity contribution in [1.82, 2.24) is 10.0 Å². The Labute approximate surface area is 159 Å². The van der Waals surface area contributed by atoms with Crippen molar-refractivity contribution in [3.63, 3.8) is 0 Å². The molecule has 0 saturated heterocycles. The molecule has 1 aliphatic carbocycles. The molecule has 144 valence electrons. The molecule has 0 heterocycles. The van der Waals surface area contributed by atoms with Crippen LogP contribution in [0.5, 0.6) is 0 Å². The SMILES string of the molecule is O=C(CCCNS(=O)(=O)c1ccc(F)cc1)N[C@@H]1CCCc2ccccc21. The van der Waals surface area contributed by atoms with Crippen LogP contribution in [0.15, 0.2) is 53.4 Å². The van der Waals surface area contributed by atoms with Gasteiger partial charge in [-0.3, -0.25) is 4.79 Å². The Balaban J connectivity index is 1.46. The molecule has 0 fully saturated rings. The molecule has 2 aromatic rings. The average Bonchev–Trinajstić information content (AvgIpc) is 2.66. The zero-order valence-electron chi connectivity index (χ0n) is 14.9. The molecule has 2 aromatic carbocycles. The number of carbonyl (C=O) groups is 1. The maximum Gasteiger partial charge on any atom is 0.240 e. The third-order valence-electron chi connectivity index (χ3n) is 4.70. The second kappa shape index (κ2) is 8.63. The molecule has 5 nitrogen and oxygen atoms in total. The maximum absolute atomic E-state index is 12.9. The normalized spacial score (nSPS) is 16.6. The van der Waals surface area contributed by atoms with Gasteiger partial charge in [-0.25, -0.2) is 17.5 Å². The van der Waals surface area contributed by atoms with Gasteiger partial charge in [0.1, 0.15) is 5.82 Å². The van der Waals surface area contributed by atoms with Gasteiger partial charge in [0.25, 0.3) is 0 Å². The molecular weight excluding hydrogens is 367 g/mol. The van der Waals surface area contributed by atoms with Crippen LogP contribution in [0.4, 0.5) is 4.39 Å². The Kier molecular flexibility index (Phi) is 6.23. The van der Waals surface area contributed by atoms with Crippen LogP contribution < -0.4 is 10.0 Å². The van der Waals surface area contributed by atoms with Gasteiger partial charge in [-0.15, -0.1) is 0 Å². The van der Waals surface area contributed by atoms with Gasteiger partial charge in [-0.2, -0.15) is 0 Å². The van der Waals surface area contributed by atoms with Crippen LogP contribution in [-0.4, -0.2) is 20.9 Å². The van der Waals surface area contributed by atoms with E-state index in [9.17, 15) is 17.6 Å². The smallest absolute Gasteiger partial charge is 0.240 e. The molecule has 0 aliphatic heterocycles. The highest BCUT2D eigenvalue weighted by Crippen LogP contribution is 2.29. The Morgan fingerprint density at radius 1 is 1.11 bits per heavy atom. The summed E-state index contributed by atoms with van der Waals surface area (Å²) in [5.41, 5.74) is 2.45. The minimum absolute atomic E-state index is 0.00663. The van der Waals surface area contributed by atoms with E-state index < -0.39 is 15.8 Å². The summed E-state index contributed by atoms with van der Waals surface area (Å²) in [6, 6.07) is 12.8. The highest BCUT2D eigenvalue weighted by molar-refractivity contribution is 7.89. The zero-order valence-corrected chi connectivity index (χ0v) is 15.8. The molecule has 27 heavy (non-hydrogen) atoms. The summed E-state index contributed by atoms with van der Waals surface area (Å²) in [5.74, 6) is -0.576. The fourth-order valence-electron chi connectivity index (χ4n) is 3.32. The first kappa shape index (κ1) is 19.5. The molecule has 1 amide bonds. The second-order valence-corrected chi connectivity index (χ2v) is 8.43. The second-order valence-electron chi connectivity index (χ2n) is 6.67. The van der Waals surface area contributed by atoms with Crippen LogP contribution >= 0.6 is 0 Å². The van der Waals surface area contributed by atoms with Crippen molar-refractivity contribution in [1.29, 1.82) is 0 Å². The first-order valence-corrected chi connectivity index (χ1v) is 10.6. The maximum atomic E-state index is 12.9. The van der Waals surface area contributed by atoms with Crippen LogP contribution in [0.3, 0.4) is 0 Å². The number of amides is 1. The number of sulfonamides is 1. The van der Waals surface area contributed by atoms with E-state index in [1.807, 2.05) is 12.1 Å². The number of fused-ring (bicyclic) bond motifs is 1. The molecule has 0 unspecified atom stereocenters. The Hall–Kier alpha value is -2.25. The van der Waals surface area contributed by atoms with Gasteiger partial charge >= 0.3 is 0 Å². The third kappa shape index (κ3) is 5.14. The van der Waals surface area contributed by atoms with E-state index in [0.29, 0.717) is 6.42 Å². The summed E-state index contributed by atoms with van der Waals surface area (Å²) < 4.78 is 39.6. The summed E-state index contributed by atoms with van der Waals surface area (Å²) >= 11 is 0. The Bertz CT molecular complexity index is 898. The van der Waals surface area contributed by atoms with Crippen molar-refractivity contribution < 1.29 is 17.6 Å². The van der Waals surface area contributed by atoms with Crippen LogP contribution in [-0.2, 0) is 21.2 Å². The van der Waals surface area contributed by atoms with Crippen molar-refractivity contribution in [3.05, 3.63) is 65.5 Å². The molecule has 0 aromatic heterocycles. The summed E-state index contributed by atoms with van der Waals surface area (Å²) in [7, 11) is -3.69. The monoisotopic (exact) mass is 390 g/mol. The van der Waals surface area contributed by atoms with Crippen molar-refractivity contribution >= 4 is 15.9 Å². The highest BCUT2D eigenvalue weighted by atomic mass is 32.2. The minimum atomic E-state index is -3.69. The van der Waals surface area contributed by atoms with Gasteiger partial charge in [-0.1, -0.05) is 24.3 Å². The van der Waals surface area contributed by atoms with Crippen molar-refractivity contribution in [3.8, 4) is 0 Å². The van der Waals surface area contributed by atoms with Crippen LogP contribution in [0.2, 0.25) is 0 Å². The largest absolute Gasteiger partial charge is 0.349 e. The van der Waals surface area contributed by atoms with Gasteiger partial charge in [0.05, 0.1) is 10.9 Å². The molecule has 0 spiro atoms. The van der Waals surface area contributed by atoms with Crippen molar-refractivity contribution in [2.75, 3.05) is 6.54 Å². The van der Waals surface area contributed by atoms with Crippen molar-refractivity contribution in [2.24, 2.45) is 0 Å². The predicted octanol–water partition coefficient (Wildman–Crippen LogP) is 3.08. The predicted molar refractivity (Wildman–Crippen MR) is 101 cm³/mol. The van der Waals surface area contributed by atoms with Crippen LogP contribution in [0, 0.1) is 5.82 Å². The van der Waals surface area contributed by atoms with Crippen molar-refractivity contribution in [2.45, 2.75) is 43.0 Å². The molecule has 3 rings (SSSR count). The lowest BCUT2D eigenvalue weighted by molar-refractivity contribution is -0.122. The number of rotatable bonds is 7. The Morgan fingerprint density at radius 3 is 2.63 bits per heavy atom. The van der Waals surface area contributed by atoms with Crippen LogP contribution in [0.25, 0.3) is 0 Å². The number of nitrogens with one attached hydrogen (secondary N) is 2. The van der Waals surface area contributed by atoms with Gasteiger partial charge in [0.2, 0.25) is 15.9 Å². The lowest BCUT2D eigenvalue weighted by Crippen LogP contribution is -2.32. The number of hydrogen-bond acceptors (Lipinski definition) is 3. The van der Waals surface area contributed by atoms with E-state index in [1.165, 1.54) is 23.3 Å². The average molecular weight is 390 g/mol. The number of benzene rings is 2. The first-order chi connectivity index (χ1) is 13.0. The highest BCUT2D eigenvalue weighted by Gasteiger charge is 2.21. The zero-order chi connectivity index (χ0) is 19.3. The lowest BCUT2D eigenvalue weighted by Gasteiger charge is -2.26. The lowest BCUT2D eigenvalue weighted by atomic mass is 9.87. The van der Waals surface area contributed by atoms with E-state index in [0.717, 1.165) is 31.4 Å².